The second-order valence-corrected chi connectivity index (χ2v) is 19.5. The molecule has 0 heterocycles. The lowest BCUT2D eigenvalue weighted by atomic mass is 9.82. The normalized spacial score (nSPS) is 11.7. The van der Waals surface area contributed by atoms with Crippen molar-refractivity contribution in [3.63, 3.8) is 0 Å². The zero-order valence-corrected chi connectivity index (χ0v) is 49.1. The quantitative estimate of drug-likeness (QED) is 0.0361. The van der Waals surface area contributed by atoms with Crippen molar-refractivity contribution in [2.24, 2.45) is 22.7 Å². The molecule has 0 spiro atoms. The van der Waals surface area contributed by atoms with Gasteiger partial charge in [-0.3, -0.25) is 0 Å². The van der Waals surface area contributed by atoms with Gasteiger partial charge < -0.3 is 91.9 Å². The van der Waals surface area contributed by atoms with Crippen LogP contribution in [0.4, 0.5) is 0 Å². The van der Waals surface area contributed by atoms with Crippen LogP contribution in [0, 0.1) is 22.7 Å². The number of hydrogen-bond donors (Lipinski definition) is 18. The highest BCUT2D eigenvalue weighted by molar-refractivity contribution is 4.75. The monoisotopic (exact) mass is 1090 g/mol. The molecule has 0 aliphatic heterocycles. The summed E-state index contributed by atoms with van der Waals surface area (Å²) in [5.41, 5.74) is -0.518. The molecule has 0 bridgehead atoms. The Bertz CT molecular complexity index is 797. The highest BCUT2D eigenvalue weighted by Crippen LogP contribution is 2.27. The maximum atomic E-state index is 9.37. The molecule has 0 saturated carbocycles. The van der Waals surface area contributed by atoms with E-state index in [0.717, 1.165) is 116 Å². The zero-order valence-electron chi connectivity index (χ0n) is 49.1. The largest absolute Gasteiger partial charge is 0.396 e. The molecule has 3 atom stereocenters. The molecule has 18 heteroatoms. The van der Waals surface area contributed by atoms with E-state index in [1.54, 1.807) is 13.8 Å². The van der Waals surface area contributed by atoms with Crippen LogP contribution in [-0.4, -0.2) is 210 Å². The molecule has 0 aromatic carbocycles. The summed E-state index contributed by atoms with van der Waals surface area (Å²) < 4.78 is 0. The van der Waals surface area contributed by atoms with E-state index in [-0.39, 0.29) is 115 Å². The Morgan fingerprint density at radius 2 is 0.662 bits per heavy atom. The predicted molar refractivity (Wildman–Crippen MR) is 303 cm³/mol. The lowest BCUT2D eigenvalue weighted by Gasteiger charge is -2.27. The topological polar surface area (TPSA) is 364 Å². The predicted octanol–water partition coefficient (Wildman–Crippen LogP) is 4.98. The van der Waals surface area contributed by atoms with E-state index in [1.165, 1.54) is 58.3 Å². The van der Waals surface area contributed by atoms with Gasteiger partial charge in [-0.25, -0.2) is 0 Å². The Hall–Kier alpha value is -0.720. The number of rotatable bonds is 39. The molecule has 0 rings (SSSR count). The van der Waals surface area contributed by atoms with E-state index >= 15 is 0 Å². The average Bonchev–Trinajstić information content (AvgIpc) is 3.41. The first kappa shape index (κ1) is 92.7. The van der Waals surface area contributed by atoms with Crippen LogP contribution in [0.3, 0.4) is 0 Å². The maximum absolute atomic E-state index is 9.37. The molecule has 74 heavy (non-hydrogen) atoms. The molecule has 462 valence electrons. The van der Waals surface area contributed by atoms with Gasteiger partial charge in [0.15, 0.2) is 0 Å². The Balaban J connectivity index is -0.0000000938. The van der Waals surface area contributed by atoms with Crippen molar-refractivity contribution in [1.82, 2.24) is 0 Å². The van der Waals surface area contributed by atoms with Gasteiger partial charge in [-0.05, 0) is 95.8 Å². The van der Waals surface area contributed by atoms with Crippen LogP contribution in [-0.2, 0) is 0 Å². The van der Waals surface area contributed by atoms with Crippen molar-refractivity contribution in [3.8, 4) is 0 Å². The molecule has 0 radical (unpaired) electrons. The number of aliphatic hydroxyl groups excluding tert-OH is 18. The van der Waals surface area contributed by atoms with Crippen molar-refractivity contribution in [2.75, 3.05) is 106 Å². The molecule has 0 aromatic heterocycles. The van der Waals surface area contributed by atoms with Gasteiger partial charge in [-0.15, -0.1) is 0 Å². The van der Waals surface area contributed by atoms with E-state index < -0.39 is 6.10 Å². The lowest BCUT2D eigenvalue weighted by molar-refractivity contribution is 0.0420. The van der Waals surface area contributed by atoms with E-state index in [2.05, 4.69) is 13.8 Å². The first-order chi connectivity index (χ1) is 35.3. The minimum absolute atomic E-state index is 0.0451. The van der Waals surface area contributed by atoms with E-state index in [9.17, 15) is 5.11 Å². The Labute approximate surface area is 453 Å². The molecule has 0 fully saturated rings. The van der Waals surface area contributed by atoms with Crippen molar-refractivity contribution in [1.29, 1.82) is 0 Å². The first-order valence-corrected chi connectivity index (χ1v) is 28.4. The zero-order chi connectivity index (χ0) is 59.0. The molecule has 3 unspecified atom stereocenters. The summed E-state index contributed by atoms with van der Waals surface area (Å²) in [6.45, 7) is 17.6. The van der Waals surface area contributed by atoms with Gasteiger partial charge in [0, 0.05) is 70.3 Å². The third-order valence-corrected chi connectivity index (χ3v) is 11.2. The smallest absolute Gasteiger partial charge is 0.0742 e. The van der Waals surface area contributed by atoms with Crippen LogP contribution in [0.5, 0.6) is 0 Å². The lowest BCUT2D eigenvalue weighted by Crippen LogP contribution is -2.28. The molecule has 0 aliphatic rings. The van der Waals surface area contributed by atoms with Crippen LogP contribution >= 0.6 is 0 Å². The second-order valence-electron chi connectivity index (χ2n) is 19.5. The summed E-state index contributed by atoms with van der Waals surface area (Å²) in [5.74, 6) is 0.751. The minimum Gasteiger partial charge on any atom is -0.396 e. The molecular formula is C56H130O18. The van der Waals surface area contributed by atoms with Crippen molar-refractivity contribution in [2.45, 2.75) is 235 Å². The Kier molecular flexibility index (Phi) is 108. The van der Waals surface area contributed by atoms with Gasteiger partial charge >= 0.3 is 0 Å². The Morgan fingerprint density at radius 3 is 0.838 bits per heavy atom. The van der Waals surface area contributed by atoms with Gasteiger partial charge in [-0.1, -0.05) is 138 Å². The highest BCUT2D eigenvalue weighted by atomic mass is 16.3. The first-order valence-electron chi connectivity index (χ1n) is 28.4. The summed E-state index contributed by atoms with van der Waals surface area (Å²) in [5, 5.41) is 151. The van der Waals surface area contributed by atoms with Gasteiger partial charge in [-0.2, -0.15) is 0 Å². The standard InChI is InChI=1S/C12H26O2.2C9H20O2.2C6H14O2.C5H12O2.C4H10O2.C3H8O2.C2H6O2/c13-11-9-7-5-3-1-2-4-6-8-10-12-14;1-3-5-9(11)6-8(4-2)7-10;1-3-5-6-9(4-2,7-10)8-11;1-6(2-4-7)3-5-8;7-5-3-1-2-4-6-8;1-5(2,3-6)4-7;5-3-1-2-4-6;1-3(5)2-4;3-1-2-4/h13-14H,1-12H2;8-11H,3-7H2,1-2H3;10-11H,3-8H2,1-2H3;6-8H,2-5H2,1H3;7-8H,1-6H2;6-7H,3-4H2,1-2H3;5-6H,1-4H2;3-5H,2H2,1H3;3-4H,1-2H2. The summed E-state index contributed by atoms with van der Waals surface area (Å²) in [6.07, 6.45) is 25.9. The van der Waals surface area contributed by atoms with Crippen molar-refractivity contribution in [3.05, 3.63) is 0 Å². The molecular weight excluding hydrogens is 961 g/mol. The summed E-state index contributed by atoms with van der Waals surface area (Å²) in [6, 6.07) is 0. The van der Waals surface area contributed by atoms with Crippen molar-refractivity contribution < 1.29 is 91.9 Å². The van der Waals surface area contributed by atoms with Gasteiger partial charge in [0.1, 0.15) is 0 Å². The average molecular weight is 1090 g/mol. The van der Waals surface area contributed by atoms with Gasteiger partial charge in [0.05, 0.1) is 58.5 Å². The fourth-order valence-corrected chi connectivity index (χ4v) is 5.44. The molecule has 0 amide bonds. The van der Waals surface area contributed by atoms with Gasteiger partial charge in [0.25, 0.3) is 0 Å². The fraction of sp³-hybridized carbons (Fsp3) is 1.00. The summed E-state index contributed by atoms with van der Waals surface area (Å²) in [7, 11) is 0. The van der Waals surface area contributed by atoms with Crippen LogP contribution in [0.25, 0.3) is 0 Å². The van der Waals surface area contributed by atoms with Crippen LogP contribution < -0.4 is 0 Å². The molecule has 18 nitrogen and oxygen atoms in total. The molecule has 0 saturated heterocycles. The third-order valence-electron chi connectivity index (χ3n) is 11.2. The number of hydrogen-bond acceptors (Lipinski definition) is 18. The van der Waals surface area contributed by atoms with Crippen molar-refractivity contribution >= 4 is 0 Å². The van der Waals surface area contributed by atoms with Gasteiger partial charge in [0.2, 0.25) is 0 Å². The third kappa shape index (κ3) is 104. The maximum Gasteiger partial charge on any atom is 0.0742 e. The Morgan fingerprint density at radius 1 is 0.351 bits per heavy atom. The SMILES string of the molecule is CC(C)(CO)CO.CC(CCO)CCO.CC(O)CO.CCCC(O)CC(CC)CO.CCCCC(CC)(CO)CO.OCCCCCCCCCCCCO.OCCCCCCO.OCCCCO.OCCO. The second kappa shape index (κ2) is 86.2. The van der Waals surface area contributed by atoms with E-state index in [4.69, 9.17) is 86.8 Å². The number of unbranched alkanes of at least 4 members (excludes halogenated alkanes) is 14. The fourth-order valence-electron chi connectivity index (χ4n) is 5.44. The molecule has 18 N–H and O–H groups in total. The summed E-state index contributed by atoms with van der Waals surface area (Å²) >= 11 is 0. The highest BCUT2D eigenvalue weighted by Gasteiger charge is 2.25. The molecule has 0 aromatic rings. The van der Waals surface area contributed by atoms with Crippen LogP contribution in [0.15, 0.2) is 0 Å². The van der Waals surface area contributed by atoms with Crippen LogP contribution in [0.1, 0.15) is 222 Å². The summed E-state index contributed by atoms with van der Waals surface area (Å²) in [4.78, 5) is 0. The van der Waals surface area contributed by atoms with Crippen LogP contribution in [0.2, 0.25) is 0 Å². The minimum atomic E-state index is -0.560. The van der Waals surface area contributed by atoms with E-state index in [1.807, 2.05) is 20.8 Å². The number of aliphatic hydroxyl groups is 18. The van der Waals surface area contributed by atoms with E-state index in [0.29, 0.717) is 19.1 Å². The molecule has 0 aliphatic carbocycles.